The van der Waals surface area contributed by atoms with Crippen LogP contribution in [0.5, 0.6) is 0 Å². The number of hydrogen-bond acceptors (Lipinski definition) is 6. The molecule has 8 nitrogen and oxygen atoms in total. The number of amides is 1. The Balaban J connectivity index is 1.47. The van der Waals surface area contributed by atoms with Crippen molar-refractivity contribution < 1.29 is 13.2 Å². The minimum absolute atomic E-state index is 0.201. The smallest absolute Gasteiger partial charge is 0.251 e. The quantitative estimate of drug-likeness (QED) is 0.601. The molecule has 190 valence electrons. The maximum Gasteiger partial charge on any atom is 0.251 e. The fraction of sp³-hybridized carbons (Fsp3) is 0.720. The molecule has 3 saturated heterocycles. The number of carbonyl (C=O) groups is 1. The molecular weight excluding hydrogens is 450 g/mol. The molecule has 1 aromatic rings. The van der Waals surface area contributed by atoms with Crippen LogP contribution in [0.2, 0.25) is 0 Å². The van der Waals surface area contributed by atoms with Crippen molar-refractivity contribution in [2.45, 2.75) is 50.3 Å². The maximum absolute atomic E-state index is 13.7. The highest BCUT2D eigenvalue weighted by atomic mass is 32.2. The molecular formula is C25H41N5O3S. The molecule has 0 saturated carbocycles. The minimum atomic E-state index is -3.64. The van der Waals surface area contributed by atoms with Gasteiger partial charge in [-0.2, -0.15) is 4.31 Å². The summed E-state index contributed by atoms with van der Waals surface area (Å²) in [6, 6.07) is 5.25. The number of sulfonamides is 1. The van der Waals surface area contributed by atoms with Crippen LogP contribution < -0.4 is 10.2 Å². The first kappa shape index (κ1) is 25.4. The second-order valence-corrected chi connectivity index (χ2v) is 11.6. The Bertz CT molecular complexity index is 918. The van der Waals surface area contributed by atoms with E-state index in [2.05, 4.69) is 26.9 Å². The lowest BCUT2D eigenvalue weighted by Crippen LogP contribution is -2.48. The van der Waals surface area contributed by atoms with Crippen LogP contribution in [0.1, 0.15) is 55.8 Å². The zero-order valence-electron chi connectivity index (χ0n) is 20.7. The van der Waals surface area contributed by atoms with E-state index in [0.29, 0.717) is 30.1 Å². The summed E-state index contributed by atoms with van der Waals surface area (Å²) in [6.07, 6.45) is 6.17. The van der Waals surface area contributed by atoms with Gasteiger partial charge in [-0.25, -0.2) is 8.42 Å². The molecule has 1 N–H and O–H groups in total. The first-order chi connectivity index (χ1) is 16.5. The van der Waals surface area contributed by atoms with Crippen molar-refractivity contribution in [2.75, 3.05) is 76.9 Å². The van der Waals surface area contributed by atoms with Gasteiger partial charge in [-0.15, -0.1) is 0 Å². The summed E-state index contributed by atoms with van der Waals surface area (Å²) in [7, 11) is -3.64. The Kier molecular flexibility index (Phi) is 8.85. The highest BCUT2D eigenvalue weighted by molar-refractivity contribution is 7.89. The number of piperazine rings is 1. The molecule has 0 bridgehead atoms. The third kappa shape index (κ3) is 6.11. The van der Waals surface area contributed by atoms with E-state index in [-0.39, 0.29) is 5.91 Å². The van der Waals surface area contributed by atoms with Crippen LogP contribution in [0, 0.1) is 0 Å². The van der Waals surface area contributed by atoms with Crippen molar-refractivity contribution in [1.82, 2.24) is 19.4 Å². The number of rotatable bonds is 8. The van der Waals surface area contributed by atoms with Gasteiger partial charge in [0.2, 0.25) is 10.0 Å². The van der Waals surface area contributed by atoms with Gasteiger partial charge in [0.15, 0.2) is 0 Å². The van der Waals surface area contributed by atoms with Crippen molar-refractivity contribution in [3.8, 4) is 0 Å². The van der Waals surface area contributed by atoms with Crippen molar-refractivity contribution >= 4 is 21.6 Å². The van der Waals surface area contributed by atoms with Gasteiger partial charge in [0.1, 0.15) is 4.90 Å². The van der Waals surface area contributed by atoms with E-state index in [1.165, 1.54) is 6.42 Å². The van der Waals surface area contributed by atoms with Crippen molar-refractivity contribution in [3.63, 3.8) is 0 Å². The van der Waals surface area contributed by atoms with Crippen LogP contribution >= 0.6 is 0 Å². The summed E-state index contributed by atoms with van der Waals surface area (Å²) < 4.78 is 28.9. The van der Waals surface area contributed by atoms with Gasteiger partial charge in [0.05, 0.1) is 5.69 Å². The van der Waals surface area contributed by atoms with Crippen molar-refractivity contribution in [3.05, 3.63) is 23.8 Å². The van der Waals surface area contributed by atoms with Gasteiger partial charge in [0, 0.05) is 71.0 Å². The Labute approximate surface area is 205 Å². The number of nitrogens with zero attached hydrogens (tertiary/aromatic N) is 4. The normalized spacial score (nSPS) is 21.5. The van der Waals surface area contributed by atoms with Crippen LogP contribution in [0.4, 0.5) is 5.69 Å². The fourth-order valence-corrected chi connectivity index (χ4v) is 7.02. The first-order valence-corrected chi connectivity index (χ1v) is 14.5. The standard InChI is InChI=1S/C25H41N5O3S/c1-2-27-17-19-28(20-18-27)16-11-26-25(31)22-9-10-23(29-12-5-3-6-13-29)24(21-22)34(32,33)30-14-7-4-8-15-30/h9-10,21H,2-8,11-20H2,1H3,(H,26,31). The van der Waals surface area contributed by atoms with Gasteiger partial charge in [-0.1, -0.05) is 13.3 Å². The summed E-state index contributed by atoms with van der Waals surface area (Å²) in [5.41, 5.74) is 1.17. The molecule has 3 aliphatic heterocycles. The number of benzene rings is 1. The third-order valence-electron chi connectivity index (χ3n) is 7.48. The molecule has 0 unspecified atom stereocenters. The highest BCUT2D eigenvalue weighted by Gasteiger charge is 2.31. The van der Waals surface area contributed by atoms with Crippen molar-refractivity contribution in [1.29, 1.82) is 0 Å². The Morgan fingerprint density at radius 2 is 1.47 bits per heavy atom. The van der Waals surface area contributed by atoms with E-state index >= 15 is 0 Å². The minimum Gasteiger partial charge on any atom is -0.370 e. The Morgan fingerprint density at radius 3 is 2.12 bits per heavy atom. The molecule has 0 aromatic heterocycles. The summed E-state index contributed by atoms with van der Waals surface area (Å²) in [4.78, 5) is 20.2. The van der Waals surface area contributed by atoms with E-state index in [4.69, 9.17) is 0 Å². The number of nitrogens with one attached hydrogen (secondary N) is 1. The van der Waals surface area contributed by atoms with Crippen LogP contribution in [0.15, 0.2) is 23.1 Å². The van der Waals surface area contributed by atoms with E-state index in [1.807, 2.05) is 6.07 Å². The molecule has 3 fully saturated rings. The van der Waals surface area contributed by atoms with Gasteiger partial charge >= 0.3 is 0 Å². The van der Waals surface area contributed by atoms with E-state index in [1.54, 1.807) is 16.4 Å². The first-order valence-electron chi connectivity index (χ1n) is 13.1. The zero-order chi connectivity index (χ0) is 24.0. The monoisotopic (exact) mass is 491 g/mol. The molecule has 1 aromatic carbocycles. The predicted molar refractivity (Wildman–Crippen MR) is 136 cm³/mol. The number of piperidine rings is 2. The molecule has 4 rings (SSSR count). The topological polar surface area (TPSA) is 76.2 Å². The third-order valence-corrected chi connectivity index (χ3v) is 9.41. The largest absolute Gasteiger partial charge is 0.370 e. The summed E-state index contributed by atoms with van der Waals surface area (Å²) in [5.74, 6) is -0.201. The van der Waals surface area contributed by atoms with E-state index in [0.717, 1.165) is 90.1 Å². The predicted octanol–water partition coefficient (Wildman–Crippen LogP) is 2.22. The number of likely N-dealkylation sites (N-methyl/N-ethyl adjacent to an activating group) is 1. The van der Waals surface area contributed by atoms with E-state index in [9.17, 15) is 13.2 Å². The summed E-state index contributed by atoms with van der Waals surface area (Å²) in [5, 5.41) is 3.01. The Hall–Kier alpha value is -1.68. The van der Waals surface area contributed by atoms with Gasteiger partial charge < -0.3 is 15.1 Å². The van der Waals surface area contributed by atoms with Crippen LogP contribution in [-0.2, 0) is 10.0 Å². The van der Waals surface area contributed by atoms with Gasteiger partial charge in [0.25, 0.3) is 5.91 Å². The maximum atomic E-state index is 13.7. The fourth-order valence-electron chi connectivity index (χ4n) is 5.26. The highest BCUT2D eigenvalue weighted by Crippen LogP contribution is 2.32. The number of carbonyl (C=O) groups excluding carboxylic acids is 1. The van der Waals surface area contributed by atoms with Crippen LogP contribution in [-0.4, -0.2) is 100 Å². The van der Waals surface area contributed by atoms with Gasteiger partial charge in [-0.05, 0) is 56.8 Å². The lowest BCUT2D eigenvalue weighted by atomic mass is 10.1. The SMILES string of the molecule is CCN1CCN(CCNC(=O)c2ccc(N3CCCCC3)c(S(=O)(=O)N3CCCCC3)c2)CC1. The molecule has 3 aliphatic rings. The molecule has 0 spiro atoms. The molecule has 3 heterocycles. The lowest BCUT2D eigenvalue weighted by molar-refractivity contribution is 0.0937. The average Bonchev–Trinajstić information content (AvgIpc) is 2.89. The number of anilines is 1. The number of hydrogen-bond donors (Lipinski definition) is 1. The molecule has 1 amide bonds. The Morgan fingerprint density at radius 1 is 0.853 bits per heavy atom. The summed E-state index contributed by atoms with van der Waals surface area (Å²) >= 11 is 0. The molecule has 0 aliphatic carbocycles. The zero-order valence-corrected chi connectivity index (χ0v) is 21.5. The summed E-state index contributed by atoms with van der Waals surface area (Å²) in [6.45, 7) is 11.7. The van der Waals surface area contributed by atoms with Crippen molar-refractivity contribution in [2.24, 2.45) is 0 Å². The molecule has 0 atom stereocenters. The van der Waals surface area contributed by atoms with Crippen LogP contribution in [0.25, 0.3) is 0 Å². The van der Waals surface area contributed by atoms with E-state index < -0.39 is 10.0 Å². The second kappa shape index (κ2) is 11.8. The molecule has 9 heteroatoms. The molecule has 0 radical (unpaired) electrons. The second-order valence-electron chi connectivity index (χ2n) is 9.73. The van der Waals surface area contributed by atoms with Crippen LogP contribution in [0.3, 0.4) is 0 Å². The lowest BCUT2D eigenvalue weighted by Gasteiger charge is -2.34. The average molecular weight is 492 g/mol. The van der Waals surface area contributed by atoms with Gasteiger partial charge in [-0.3, -0.25) is 9.69 Å². The molecule has 34 heavy (non-hydrogen) atoms.